The molecule has 1 heterocycles. The van der Waals surface area contributed by atoms with Crippen molar-refractivity contribution in [2.45, 2.75) is 0 Å². The van der Waals surface area contributed by atoms with Crippen LogP contribution >= 0.6 is 0 Å². The van der Waals surface area contributed by atoms with Gasteiger partial charge in [-0.2, -0.15) is 0 Å². The third-order valence-electron chi connectivity index (χ3n) is 9.10. The minimum Gasteiger partial charge on any atom is -0.256 e. The van der Waals surface area contributed by atoms with Crippen LogP contribution in [0, 0.1) is 0 Å². The number of fused-ring (bicyclic) bond motifs is 1. The Morgan fingerprint density at radius 3 is 1.43 bits per heavy atom. The fraction of sp³-hybridized carbons (Fsp3) is 0. The first kappa shape index (κ1) is 24.8. The first-order valence-corrected chi connectivity index (χ1v) is 15.1. The minimum absolute atomic E-state index is 1.02. The zero-order valence-electron chi connectivity index (χ0n) is 24.0. The summed E-state index contributed by atoms with van der Waals surface area (Å²) in [5.74, 6) is 0. The van der Waals surface area contributed by atoms with E-state index >= 15 is 0 Å². The molecule has 204 valence electrons. The number of benzene rings is 8. The van der Waals surface area contributed by atoms with Gasteiger partial charge in [0.25, 0.3) is 0 Å². The Morgan fingerprint density at radius 1 is 0.318 bits per heavy atom. The molecule has 0 unspecified atom stereocenters. The highest BCUT2D eigenvalue weighted by molar-refractivity contribution is 6.25. The maximum absolute atomic E-state index is 4.44. The molecule has 0 radical (unpaired) electrons. The van der Waals surface area contributed by atoms with Gasteiger partial charge in [0.05, 0.1) is 5.52 Å². The summed E-state index contributed by atoms with van der Waals surface area (Å²) in [4.78, 5) is 4.44. The molecule has 0 spiro atoms. The Morgan fingerprint density at radius 2 is 0.795 bits per heavy atom. The molecular weight excluding hydrogens is 530 g/mol. The van der Waals surface area contributed by atoms with Crippen LogP contribution in [-0.2, 0) is 0 Å². The van der Waals surface area contributed by atoms with E-state index in [9.17, 15) is 0 Å². The van der Waals surface area contributed by atoms with Gasteiger partial charge in [-0.3, -0.25) is 4.98 Å². The number of nitrogens with zero attached hydrogens (tertiary/aromatic N) is 1. The molecule has 44 heavy (non-hydrogen) atoms. The van der Waals surface area contributed by atoms with Crippen molar-refractivity contribution in [2.75, 3.05) is 0 Å². The zero-order valence-corrected chi connectivity index (χ0v) is 24.0. The average Bonchev–Trinajstić information content (AvgIpc) is 3.10. The third kappa shape index (κ3) is 4.06. The lowest BCUT2D eigenvalue weighted by Crippen LogP contribution is -1.87. The van der Waals surface area contributed by atoms with E-state index in [-0.39, 0.29) is 0 Å². The van der Waals surface area contributed by atoms with Crippen molar-refractivity contribution in [2.24, 2.45) is 0 Å². The van der Waals surface area contributed by atoms with Crippen molar-refractivity contribution < 1.29 is 0 Å². The van der Waals surface area contributed by atoms with Crippen LogP contribution in [0.4, 0.5) is 0 Å². The van der Waals surface area contributed by atoms with Gasteiger partial charge in [0.1, 0.15) is 0 Å². The SMILES string of the molecule is c1cnc2ccc(-c3ccc(-c4ccc(-c5ccc(-c6ccc7ccc8cccc9ccc6c7c89)cc5)cc4)cc3)cc2c1. The standard InChI is InChI=1S/C43H27N/c1-3-34-18-19-36-20-23-39(40-24-21-35(4-1)42(34)43(36)40)33-16-14-31(15-17-33)29-8-6-28(7-9-29)30-10-12-32(13-11-30)37-22-25-41-38(27-37)5-2-26-44-41/h1-27H. The maximum atomic E-state index is 4.44. The van der Waals surface area contributed by atoms with Crippen LogP contribution in [0.2, 0.25) is 0 Å². The van der Waals surface area contributed by atoms with E-state index in [1.165, 1.54) is 76.8 Å². The quantitative estimate of drug-likeness (QED) is 0.196. The van der Waals surface area contributed by atoms with Crippen molar-refractivity contribution in [1.82, 2.24) is 4.98 Å². The zero-order chi connectivity index (χ0) is 29.0. The van der Waals surface area contributed by atoms with Crippen LogP contribution in [0.1, 0.15) is 0 Å². The lowest BCUT2D eigenvalue weighted by molar-refractivity contribution is 1.41. The Kier molecular flexibility index (Phi) is 5.57. The Bertz CT molecular complexity index is 2440. The summed E-state index contributed by atoms with van der Waals surface area (Å²) in [6.07, 6.45) is 1.84. The molecule has 0 atom stereocenters. The average molecular weight is 558 g/mol. The summed E-state index contributed by atoms with van der Waals surface area (Å²) in [5, 5.41) is 9.10. The summed E-state index contributed by atoms with van der Waals surface area (Å²) in [7, 11) is 0. The molecule has 0 aliphatic carbocycles. The molecule has 0 fully saturated rings. The summed E-state index contributed by atoms with van der Waals surface area (Å²) in [6, 6.07) is 57.5. The molecule has 9 aromatic rings. The van der Waals surface area contributed by atoms with Gasteiger partial charge < -0.3 is 0 Å². The predicted octanol–water partition coefficient (Wildman–Crippen LogP) is 11.8. The van der Waals surface area contributed by atoms with Gasteiger partial charge in [-0.15, -0.1) is 0 Å². The van der Waals surface area contributed by atoms with Crippen LogP contribution in [0.5, 0.6) is 0 Å². The van der Waals surface area contributed by atoms with Crippen molar-refractivity contribution in [3.05, 3.63) is 164 Å². The molecule has 0 aliphatic heterocycles. The van der Waals surface area contributed by atoms with E-state index in [0.717, 1.165) is 10.9 Å². The summed E-state index contributed by atoms with van der Waals surface area (Å²) in [5.41, 5.74) is 10.8. The number of aromatic nitrogens is 1. The van der Waals surface area contributed by atoms with E-state index < -0.39 is 0 Å². The van der Waals surface area contributed by atoms with E-state index in [0.29, 0.717) is 0 Å². The van der Waals surface area contributed by atoms with Crippen molar-refractivity contribution >= 4 is 43.2 Å². The lowest BCUT2D eigenvalue weighted by Gasteiger charge is -2.14. The number of pyridine rings is 1. The fourth-order valence-corrected chi connectivity index (χ4v) is 6.79. The van der Waals surface area contributed by atoms with Crippen LogP contribution in [0.15, 0.2) is 164 Å². The van der Waals surface area contributed by atoms with E-state index in [1.54, 1.807) is 0 Å². The van der Waals surface area contributed by atoms with Gasteiger partial charge >= 0.3 is 0 Å². The van der Waals surface area contributed by atoms with E-state index in [1.807, 2.05) is 12.3 Å². The highest BCUT2D eigenvalue weighted by Crippen LogP contribution is 2.39. The predicted molar refractivity (Wildman–Crippen MR) is 187 cm³/mol. The highest BCUT2D eigenvalue weighted by Gasteiger charge is 2.12. The second-order valence-electron chi connectivity index (χ2n) is 11.6. The molecule has 0 bridgehead atoms. The summed E-state index contributed by atoms with van der Waals surface area (Å²) in [6.45, 7) is 0. The van der Waals surface area contributed by atoms with Gasteiger partial charge in [0.2, 0.25) is 0 Å². The molecule has 9 rings (SSSR count). The molecule has 0 amide bonds. The second kappa shape index (κ2) is 9.90. The largest absolute Gasteiger partial charge is 0.256 e. The Labute approximate surface area is 256 Å². The second-order valence-corrected chi connectivity index (χ2v) is 11.6. The molecule has 8 aromatic carbocycles. The Balaban J connectivity index is 0.992. The smallest absolute Gasteiger partial charge is 0.0702 e. The van der Waals surface area contributed by atoms with Gasteiger partial charge in [-0.1, -0.05) is 140 Å². The topological polar surface area (TPSA) is 12.9 Å². The number of hydrogen-bond donors (Lipinski definition) is 0. The first-order valence-electron chi connectivity index (χ1n) is 15.1. The number of rotatable bonds is 4. The molecule has 1 nitrogen and oxygen atoms in total. The Hall–Kier alpha value is -5.79. The third-order valence-corrected chi connectivity index (χ3v) is 9.10. The summed E-state index contributed by atoms with van der Waals surface area (Å²) < 4.78 is 0. The van der Waals surface area contributed by atoms with Gasteiger partial charge in [0, 0.05) is 11.6 Å². The number of hydrogen-bond acceptors (Lipinski definition) is 1. The van der Waals surface area contributed by atoms with E-state index in [2.05, 4.69) is 157 Å². The van der Waals surface area contributed by atoms with Crippen LogP contribution < -0.4 is 0 Å². The molecule has 0 aliphatic rings. The molecule has 1 heteroatoms. The first-order chi connectivity index (χ1) is 21.8. The van der Waals surface area contributed by atoms with Crippen LogP contribution in [-0.4, -0.2) is 4.98 Å². The summed E-state index contributed by atoms with van der Waals surface area (Å²) >= 11 is 0. The maximum Gasteiger partial charge on any atom is 0.0702 e. The monoisotopic (exact) mass is 557 g/mol. The van der Waals surface area contributed by atoms with Gasteiger partial charge in [-0.05, 0) is 95.0 Å². The fourth-order valence-electron chi connectivity index (χ4n) is 6.79. The van der Waals surface area contributed by atoms with Crippen molar-refractivity contribution in [3.8, 4) is 44.5 Å². The molecule has 0 saturated heterocycles. The molecule has 0 N–H and O–H groups in total. The van der Waals surface area contributed by atoms with Crippen molar-refractivity contribution in [1.29, 1.82) is 0 Å². The molecular formula is C43H27N. The normalized spacial score (nSPS) is 11.6. The minimum atomic E-state index is 1.02. The molecule has 1 aromatic heterocycles. The lowest BCUT2D eigenvalue weighted by atomic mass is 9.89. The van der Waals surface area contributed by atoms with Crippen LogP contribution in [0.25, 0.3) is 87.7 Å². The van der Waals surface area contributed by atoms with Crippen molar-refractivity contribution in [3.63, 3.8) is 0 Å². The van der Waals surface area contributed by atoms with Crippen LogP contribution in [0.3, 0.4) is 0 Å². The van der Waals surface area contributed by atoms with E-state index in [4.69, 9.17) is 0 Å². The molecule has 0 saturated carbocycles. The highest BCUT2D eigenvalue weighted by atomic mass is 14.6. The van der Waals surface area contributed by atoms with Gasteiger partial charge in [0.15, 0.2) is 0 Å². The van der Waals surface area contributed by atoms with Gasteiger partial charge in [-0.25, -0.2) is 0 Å².